The van der Waals surface area contributed by atoms with E-state index in [2.05, 4.69) is 31.4 Å². The highest BCUT2D eigenvalue weighted by Crippen LogP contribution is 2.33. The third-order valence-corrected chi connectivity index (χ3v) is 8.04. The lowest BCUT2D eigenvalue weighted by Gasteiger charge is -2.41. The predicted octanol–water partition coefficient (Wildman–Crippen LogP) is 5.51. The van der Waals surface area contributed by atoms with Crippen molar-refractivity contribution in [2.24, 2.45) is 0 Å². The molecule has 0 aromatic carbocycles. The third-order valence-electron chi connectivity index (χ3n) is 8.04. The van der Waals surface area contributed by atoms with E-state index < -0.39 is 5.82 Å². The summed E-state index contributed by atoms with van der Waals surface area (Å²) in [6.45, 7) is 9.87. The Bertz CT molecular complexity index is 1490. The lowest BCUT2D eigenvalue weighted by molar-refractivity contribution is -0.0735. The van der Waals surface area contributed by atoms with Gasteiger partial charge in [-0.05, 0) is 38.0 Å². The molecule has 0 atom stereocenters. The van der Waals surface area contributed by atoms with Crippen molar-refractivity contribution in [3.8, 4) is 23.1 Å². The Hall–Kier alpha value is -3.88. The quantitative estimate of drug-likeness (QED) is 0.297. The van der Waals surface area contributed by atoms with Crippen LogP contribution in [0.4, 0.5) is 4.39 Å². The van der Waals surface area contributed by atoms with Crippen molar-refractivity contribution in [3.63, 3.8) is 0 Å². The standard InChI is InChI=1S/C25H25FN8O2.C4H8.C2H6/c1-16-24(30-31-34(16)21-4-6-32(7-5-21)22-14-35-15-22)17-8-23(25-18(9-27)10-29-33(25)12-17)36-13-20-3-2-19(26)11-28-20;1-2-4-3-1;1-2/h2-3,8,10-12,21-22H,4-7,13-15H2,1H3;1-4H2;1-2H3. The molecule has 1 aliphatic carbocycles. The monoisotopic (exact) mass is 574 g/mol. The van der Waals surface area contributed by atoms with E-state index in [1.807, 2.05) is 37.7 Å². The minimum Gasteiger partial charge on any atom is -0.485 e. The number of aromatic nitrogens is 6. The molecular formula is C31H39FN8O2. The van der Waals surface area contributed by atoms with Crippen LogP contribution in [0.5, 0.6) is 5.75 Å². The summed E-state index contributed by atoms with van der Waals surface area (Å²) >= 11 is 0. The van der Waals surface area contributed by atoms with E-state index in [-0.39, 0.29) is 6.61 Å². The molecule has 6 heterocycles. The van der Waals surface area contributed by atoms with Crippen LogP contribution in [0.1, 0.15) is 75.4 Å². The molecule has 4 aromatic rings. The van der Waals surface area contributed by atoms with Gasteiger partial charge in [0.25, 0.3) is 0 Å². The number of halogens is 1. The molecule has 3 fully saturated rings. The van der Waals surface area contributed by atoms with E-state index >= 15 is 0 Å². The number of nitriles is 1. The molecule has 2 aliphatic heterocycles. The zero-order valence-electron chi connectivity index (χ0n) is 24.7. The number of rotatable bonds is 6. The topological polar surface area (TPSA) is 106 Å². The van der Waals surface area contributed by atoms with Crippen LogP contribution < -0.4 is 4.74 Å². The second-order valence-corrected chi connectivity index (χ2v) is 10.7. The molecule has 0 unspecified atom stereocenters. The highest BCUT2D eigenvalue weighted by molar-refractivity contribution is 5.74. The Kier molecular flexibility index (Phi) is 9.77. The molecule has 10 nitrogen and oxygen atoms in total. The fourth-order valence-electron chi connectivity index (χ4n) is 5.18. The van der Waals surface area contributed by atoms with E-state index in [1.165, 1.54) is 37.9 Å². The number of hydrogen-bond donors (Lipinski definition) is 0. The van der Waals surface area contributed by atoms with Crippen LogP contribution in [0.25, 0.3) is 16.8 Å². The number of fused-ring (bicyclic) bond motifs is 1. The molecule has 0 N–H and O–H groups in total. The first-order chi connectivity index (χ1) is 20.6. The van der Waals surface area contributed by atoms with Crippen molar-refractivity contribution in [3.05, 3.63) is 59.6 Å². The Labute approximate surface area is 246 Å². The number of hydrogen-bond acceptors (Lipinski definition) is 8. The minimum atomic E-state index is -0.410. The van der Waals surface area contributed by atoms with Crippen molar-refractivity contribution >= 4 is 5.52 Å². The molecule has 11 heteroatoms. The van der Waals surface area contributed by atoms with E-state index in [4.69, 9.17) is 9.47 Å². The molecule has 3 aliphatic rings. The number of nitrogens with zero attached hydrogens (tertiary/aromatic N) is 8. The molecule has 0 bridgehead atoms. The Balaban J connectivity index is 0.000000534. The van der Waals surface area contributed by atoms with Crippen LogP contribution in [0.2, 0.25) is 0 Å². The normalized spacial score (nSPS) is 17.2. The highest BCUT2D eigenvalue weighted by Gasteiger charge is 2.31. The van der Waals surface area contributed by atoms with Crippen LogP contribution in [-0.2, 0) is 11.3 Å². The average Bonchev–Trinajstić information content (AvgIpc) is 3.55. The van der Waals surface area contributed by atoms with Crippen LogP contribution in [0.15, 0.2) is 36.8 Å². The molecule has 7 rings (SSSR count). The average molecular weight is 575 g/mol. The summed E-state index contributed by atoms with van der Waals surface area (Å²) < 4.78 is 28.3. The highest BCUT2D eigenvalue weighted by atomic mass is 19.1. The van der Waals surface area contributed by atoms with Gasteiger partial charge >= 0.3 is 0 Å². The fourth-order valence-corrected chi connectivity index (χ4v) is 5.18. The van der Waals surface area contributed by atoms with Crippen LogP contribution in [0, 0.1) is 24.1 Å². The van der Waals surface area contributed by atoms with E-state index in [1.54, 1.807) is 10.6 Å². The zero-order chi connectivity index (χ0) is 29.5. The van der Waals surface area contributed by atoms with Gasteiger partial charge in [0.2, 0.25) is 0 Å². The third kappa shape index (κ3) is 6.45. The SMILES string of the molecule is C1CCC1.CC.Cc1c(-c2cc(OCc3ccc(F)cn3)c3c(C#N)cnn3c2)nnn1C1CCN(C2COC2)CC1. The maximum atomic E-state index is 13.2. The first-order valence-electron chi connectivity index (χ1n) is 15.0. The Morgan fingerprint density at radius 3 is 2.40 bits per heavy atom. The summed E-state index contributed by atoms with van der Waals surface area (Å²) in [5, 5.41) is 22.9. The van der Waals surface area contributed by atoms with E-state index in [9.17, 15) is 9.65 Å². The summed E-state index contributed by atoms with van der Waals surface area (Å²) in [7, 11) is 0. The van der Waals surface area contributed by atoms with Crippen molar-refractivity contribution in [2.75, 3.05) is 26.3 Å². The maximum Gasteiger partial charge on any atom is 0.147 e. The summed E-state index contributed by atoms with van der Waals surface area (Å²) in [5.74, 6) is 0.0598. The second kappa shape index (κ2) is 13.9. The van der Waals surface area contributed by atoms with Gasteiger partial charge in [-0.2, -0.15) is 10.4 Å². The van der Waals surface area contributed by atoms with Gasteiger partial charge in [-0.3, -0.25) is 9.88 Å². The predicted molar refractivity (Wildman–Crippen MR) is 156 cm³/mol. The molecule has 0 spiro atoms. The molecule has 2 saturated heterocycles. The molecule has 0 radical (unpaired) electrons. The minimum absolute atomic E-state index is 0.117. The molecule has 1 saturated carbocycles. The number of pyridine rings is 2. The summed E-state index contributed by atoms with van der Waals surface area (Å²) in [5.41, 5.74) is 4.02. The van der Waals surface area contributed by atoms with Crippen molar-refractivity contribution < 1.29 is 13.9 Å². The maximum absolute atomic E-state index is 13.2. The molecule has 4 aromatic heterocycles. The van der Waals surface area contributed by atoms with Gasteiger partial charge in [0.15, 0.2) is 0 Å². The number of ether oxygens (including phenoxy) is 2. The Morgan fingerprint density at radius 1 is 1.07 bits per heavy atom. The van der Waals surface area contributed by atoms with E-state index in [0.29, 0.717) is 34.6 Å². The van der Waals surface area contributed by atoms with Gasteiger partial charge in [-0.15, -0.1) is 5.10 Å². The number of piperidine rings is 1. The first kappa shape index (κ1) is 29.6. The molecular weight excluding hydrogens is 535 g/mol. The lowest BCUT2D eigenvalue weighted by Crippen LogP contribution is -2.52. The van der Waals surface area contributed by atoms with Gasteiger partial charge in [0.05, 0.1) is 49.1 Å². The lowest BCUT2D eigenvalue weighted by atomic mass is 10.0. The van der Waals surface area contributed by atoms with Crippen molar-refractivity contribution in [1.82, 2.24) is 34.5 Å². The fraction of sp³-hybridized carbons (Fsp3) is 0.516. The van der Waals surface area contributed by atoms with Gasteiger partial charge in [-0.25, -0.2) is 13.6 Å². The molecule has 42 heavy (non-hydrogen) atoms. The second-order valence-electron chi connectivity index (χ2n) is 10.7. The number of likely N-dealkylation sites (tertiary alicyclic amines) is 1. The van der Waals surface area contributed by atoms with Crippen LogP contribution in [0.3, 0.4) is 0 Å². The molecule has 0 amide bonds. The summed E-state index contributed by atoms with van der Waals surface area (Å²) in [6.07, 6.45) is 12.5. The van der Waals surface area contributed by atoms with Gasteiger partial charge < -0.3 is 9.47 Å². The molecule has 222 valence electrons. The summed E-state index contributed by atoms with van der Waals surface area (Å²) in [6, 6.07) is 7.76. The summed E-state index contributed by atoms with van der Waals surface area (Å²) in [4.78, 5) is 6.56. The van der Waals surface area contributed by atoms with Gasteiger partial charge in [0.1, 0.15) is 41.0 Å². The van der Waals surface area contributed by atoms with Gasteiger partial charge in [0, 0.05) is 24.8 Å². The van der Waals surface area contributed by atoms with E-state index in [0.717, 1.165) is 62.3 Å². The first-order valence-corrected chi connectivity index (χ1v) is 15.0. The largest absolute Gasteiger partial charge is 0.485 e. The Morgan fingerprint density at radius 2 is 1.81 bits per heavy atom. The van der Waals surface area contributed by atoms with Crippen LogP contribution in [-0.4, -0.2) is 66.8 Å². The zero-order valence-corrected chi connectivity index (χ0v) is 24.7. The van der Waals surface area contributed by atoms with Gasteiger partial charge in [-0.1, -0.05) is 44.7 Å². The van der Waals surface area contributed by atoms with Crippen molar-refractivity contribution in [1.29, 1.82) is 5.26 Å². The van der Waals surface area contributed by atoms with Crippen molar-refractivity contribution in [2.45, 2.75) is 78.0 Å². The smallest absolute Gasteiger partial charge is 0.147 e. The van der Waals surface area contributed by atoms with Crippen LogP contribution >= 0.6 is 0 Å².